The summed E-state index contributed by atoms with van der Waals surface area (Å²) >= 11 is 0. The van der Waals surface area contributed by atoms with E-state index in [4.69, 9.17) is 4.74 Å². The third-order valence-corrected chi connectivity index (χ3v) is 2.58. The highest BCUT2D eigenvalue weighted by atomic mass is 19.3. The fraction of sp³-hybridized carbons (Fsp3) is 0.571. The standard InChI is InChI=1S/C14H21F2NO/c1-3-8-17-11(2)9-12-4-6-13(7-5-12)18-10-14(15)16/h4-7,11,14,17H,3,8-10H2,1-2H3. The summed E-state index contributed by atoms with van der Waals surface area (Å²) in [6.07, 6.45) is -0.386. The van der Waals surface area contributed by atoms with Crippen molar-refractivity contribution in [3.05, 3.63) is 29.8 Å². The van der Waals surface area contributed by atoms with Crippen LogP contribution in [0, 0.1) is 0 Å². The molecule has 0 heterocycles. The Kier molecular flexibility index (Phi) is 6.65. The van der Waals surface area contributed by atoms with Gasteiger partial charge in [0, 0.05) is 6.04 Å². The minimum atomic E-state index is -2.43. The van der Waals surface area contributed by atoms with Crippen LogP contribution >= 0.6 is 0 Å². The lowest BCUT2D eigenvalue weighted by atomic mass is 10.1. The zero-order valence-electron chi connectivity index (χ0n) is 11.0. The van der Waals surface area contributed by atoms with Crippen molar-refractivity contribution in [2.45, 2.75) is 39.2 Å². The first-order chi connectivity index (χ1) is 8.61. The smallest absolute Gasteiger partial charge is 0.272 e. The number of rotatable bonds is 8. The minimum absolute atomic E-state index is 0.415. The fourth-order valence-corrected chi connectivity index (χ4v) is 1.70. The van der Waals surface area contributed by atoms with E-state index in [2.05, 4.69) is 19.2 Å². The number of hydrogen-bond donors (Lipinski definition) is 1. The Morgan fingerprint density at radius 2 is 1.89 bits per heavy atom. The Morgan fingerprint density at radius 1 is 1.22 bits per heavy atom. The maximum absolute atomic E-state index is 12.0. The van der Waals surface area contributed by atoms with Gasteiger partial charge in [0.05, 0.1) is 0 Å². The highest BCUT2D eigenvalue weighted by Gasteiger charge is 2.05. The highest BCUT2D eigenvalue weighted by Crippen LogP contribution is 2.14. The molecule has 2 nitrogen and oxygen atoms in total. The average Bonchev–Trinajstić information content (AvgIpc) is 2.35. The lowest BCUT2D eigenvalue weighted by Gasteiger charge is -2.13. The van der Waals surface area contributed by atoms with E-state index in [1.165, 1.54) is 5.56 Å². The molecule has 18 heavy (non-hydrogen) atoms. The lowest BCUT2D eigenvalue weighted by Crippen LogP contribution is -2.28. The van der Waals surface area contributed by atoms with Crippen LogP contribution in [-0.2, 0) is 6.42 Å². The summed E-state index contributed by atoms with van der Waals surface area (Å²) < 4.78 is 28.8. The van der Waals surface area contributed by atoms with Gasteiger partial charge in [-0.25, -0.2) is 8.78 Å². The Balaban J connectivity index is 2.39. The van der Waals surface area contributed by atoms with E-state index in [0.29, 0.717) is 11.8 Å². The van der Waals surface area contributed by atoms with E-state index in [1.807, 2.05) is 12.1 Å². The van der Waals surface area contributed by atoms with E-state index in [0.717, 1.165) is 19.4 Å². The molecule has 4 heteroatoms. The van der Waals surface area contributed by atoms with Crippen LogP contribution in [0.2, 0.25) is 0 Å². The van der Waals surface area contributed by atoms with E-state index in [-0.39, 0.29) is 0 Å². The third-order valence-electron chi connectivity index (χ3n) is 2.58. The lowest BCUT2D eigenvalue weighted by molar-refractivity contribution is 0.0819. The zero-order chi connectivity index (χ0) is 13.4. The van der Waals surface area contributed by atoms with Gasteiger partial charge in [-0.2, -0.15) is 0 Å². The van der Waals surface area contributed by atoms with Gasteiger partial charge in [0.1, 0.15) is 12.4 Å². The second-order valence-electron chi connectivity index (χ2n) is 4.41. The van der Waals surface area contributed by atoms with Gasteiger partial charge in [-0.3, -0.25) is 0 Å². The van der Waals surface area contributed by atoms with Crippen LogP contribution in [0.15, 0.2) is 24.3 Å². The summed E-state index contributed by atoms with van der Waals surface area (Å²) in [6.45, 7) is 4.73. The van der Waals surface area contributed by atoms with Crippen molar-refractivity contribution < 1.29 is 13.5 Å². The third kappa shape index (κ3) is 5.96. The van der Waals surface area contributed by atoms with Gasteiger partial charge in [-0.05, 0) is 44.0 Å². The second-order valence-corrected chi connectivity index (χ2v) is 4.41. The first-order valence-electron chi connectivity index (χ1n) is 6.35. The first kappa shape index (κ1) is 14.9. The summed E-state index contributed by atoms with van der Waals surface area (Å²) in [7, 11) is 0. The van der Waals surface area contributed by atoms with Crippen LogP contribution in [0.25, 0.3) is 0 Å². The summed E-state index contributed by atoms with van der Waals surface area (Å²) in [5.74, 6) is 0.494. The van der Waals surface area contributed by atoms with Crippen molar-refractivity contribution in [3.8, 4) is 5.75 Å². The summed E-state index contributed by atoms with van der Waals surface area (Å²) in [6, 6.07) is 7.74. The number of halogens is 2. The Morgan fingerprint density at radius 3 is 2.44 bits per heavy atom. The minimum Gasteiger partial charge on any atom is -0.488 e. The fourth-order valence-electron chi connectivity index (χ4n) is 1.70. The predicted molar refractivity (Wildman–Crippen MR) is 69.4 cm³/mol. The molecule has 0 bridgehead atoms. The average molecular weight is 257 g/mol. The molecule has 0 saturated carbocycles. The molecule has 0 spiro atoms. The van der Waals surface area contributed by atoms with Crippen molar-refractivity contribution in [3.63, 3.8) is 0 Å². The summed E-state index contributed by atoms with van der Waals surface area (Å²) in [4.78, 5) is 0. The molecule has 0 fully saturated rings. The van der Waals surface area contributed by atoms with Gasteiger partial charge in [0.25, 0.3) is 6.43 Å². The molecule has 0 aromatic heterocycles. The van der Waals surface area contributed by atoms with E-state index in [9.17, 15) is 8.78 Å². The van der Waals surface area contributed by atoms with Gasteiger partial charge in [-0.1, -0.05) is 19.1 Å². The van der Waals surface area contributed by atoms with E-state index >= 15 is 0 Å². The highest BCUT2D eigenvalue weighted by molar-refractivity contribution is 5.27. The van der Waals surface area contributed by atoms with Gasteiger partial charge in [0.15, 0.2) is 0 Å². The molecule has 0 amide bonds. The zero-order valence-corrected chi connectivity index (χ0v) is 11.0. The molecule has 1 aromatic carbocycles. The monoisotopic (exact) mass is 257 g/mol. The van der Waals surface area contributed by atoms with E-state index < -0.39 is 13.0 Å². The summed E-state index contributed by atoms with van der Waals surface area (Å²) in [5, 5.41) is 3.41. The Labute approximate surface area is 107 Å². The molecule has 1 N–H and O–H groups in total. The Bertz CT molecular complexity index is 327. The number of hydrogen-bond acceptors (Lipinski definition) is 2. The molecule has 1 aromatic rings. The SMILES string of the molecule is CCCNC(C)Cc1ccc(OCC(F)F)cc1. The van der Waals surface area contributed by atoms with Crippen molar-refractivity contribution in [2.24, 2.45) is 0 Å². The molecular formula is C14H21F2NO. The van der Waals surface area contributed by atoms with Crippen LogP contribution in [-0.4, -0.2) is 25.6 Å². The van der Waals surface area contributed by atoms with Crippen molar-refractivity contribution in [1.82, 2.24) is 5.32 Å². The first-order valence-corrected chi connectivity index (χ1v) is 6.35. The second kappa shape index (κ2) is 8.03. The van der Waals surface area contributed by atoms with Crippen molar-refractivity contribution in [1.29, 1.82) is 0 Å². The maximum atomic E-state index is 12.0. The van der Waals surface area contributed by atoms with Gasteiger partial charge < -0.3 is 10.1 Å². The van der Waals surface area contributed by atoms with Crippen LogP contribution < -0.4 is 10.1 Å². The van der Waals surface area contributed by atoms with Crippen LogP contribution in [0.1, 0.15) is 25.8 Å². The molecular weight excluding hydrogens is 236 g/mol. The number of alkyl halides is 2. The van der Waals surface area contributed by atoms with Crippen LogP contribution in [0.3, 0.4) is 0 Å². The van der Waals surface area contributed by atoms with Crippen molar-refractivity contribution >= 4 is 0 Å². The number of ether oxygens (including phenoxy) is 1. The van der Waals surface area contributed by atoms with Gasteiger partial charge in [0.2, 0.25) is 0 Å². The number of nitrogens with one attached hydrogen (secondary N) is 1. The maximum Gasteiger partial charge on any atom is 0.272 e. The molecule has 1 unspecified atom stereocenters. The Hall–Kier alpha value is -1.16. The molecule has 0 aliphatic carbocycles. The molecule has 1 atom stereocenters. The molecule has 1 rings (SSSR count). The van der Waals surface area contributed by atoms with Gasteiger partial charge >= 0.3 is 0 Å². The van der Waals surface area contributed by atoms with Crippen LogP contribution in [0.4, 0.5) is 8.78 Å². The van der Waals surface area contributed by atoms with Crippen molar-refractivity contribution in [2.75, 3.05) is 13.2 Å². The quantitative estimate of drug-likeness (QED) is 0.771. The topological polar surface area (TPSA) is 21.3 Å². The van der Waals surface area contributed by atoms with Gasteiger partial charge in [-0.15, -0.1) is 0 Å². The molecule has 0 aliphatic rings. The number of benzene rings is 1. The molecule has 102 valence electrons. The normalized spacial score (nSPS) is 12.7. The summed E-state index contributed by atoms with van der Waals surface area (Å²) in [5.41, 5.74) is 1.18. The largest absolute Gasteiger partial charge is 0.488 e. The van der Waals surface area contributed by atoms with E-state index in [1.54, 1.807) is 12.1 Å². The predicted octanol–water partition coefficient (Wildman–Crippen LogP) is 3.26. The molecule has 0 saturated heterocycles. The van der Waals surface area contributed by atoms with Crippen LogP contribution in [0.5, 0.6) is 5.75 Å². The molecule has 0 aliphatic heterocycles. The molecule has 0 radical (unpaired) electrons.